The number of allylic oxidation sites excluding steroid dienone is 2. The summed E-state index contributed by atoms with van der Waals surface area (Å²) >= 11 is 0. The topological polar surface area (TPSA) is 37.3 Å². The largest absolute Gasteiger partial charge is 0.481 e. The van der Waals surface area contributed by atoms with Gasteiger partial charge >= 0.3 is 5.97 Å². The molecule has 0 aromatic heterocycles. The van der Waals surface area contributed by atoms with Crippen LogP contribution >= 0.6 is 0 Å². The molecule has 0 amide bonds. The van der Waals surface area contributed by atoms with Crippen LogP contribution in [0.25, 0.3) is 0 Å². The second kappa shape index (κ2) is 2.61. The van der Waals surface area contributed by atoms with E-state index >= 15 is 0 Å². The van der Waals surface area contributed by atoms with Crippen molar-refractivity contribution in [1.82, 2.24) is 0 Å². The van der Waals surface area contributed by atoms with Crippen molar-refractivity contribution in [3.63, 3.8) is 0 Å². The summed E-state index contributed by atoms with van der Waals surface area (Å²) in [4.78, 5) is 10.6. The average Bonchev–Trinajstić information content (AvgIpc) is 2.05. The second-order valence-corrected chi connectivity index (χ2v) is 4.48. The zero-order valence-electron chi connectivity index (χ0n) is 7.92. The summed E-state index contributed by atoms with van der Waals surface area (Å²) in [6, 6.07) is 0. The lowest BCUT2D eigenvalue weighted by Gasteiger charge is -2.36. The van der Waals surface area contributed by atoms with E-state index in [9.17, 15) is 4.79 Å². The van der Waals surface area contributed by atoms with E-state index in [1.165, 1.54) is 0 Å². The summed E-state index contributed by atoms with van der Waals surface area (Å²) in [7, 11) is 0. The van der Waals surface area contributed by atoms with E-state index in [2.05, 4.69) is 19.9 Å². The SMILES string of the molecule is CC1(C)CC=CC1(C)CC(=O)O. The first-order valence-electron chi connectivity index (χ1n) is 4.27. The van der Waals surface area contributed by atoms with Crippen molar-refractivity contribution in [2.45, 2.75) is 33.6 Å². The van der Waals surface area contributed by atoms with Gasteiger partial charge in [0.05, 0.1) is 6.42 Å². The van der Waals surface area contributed by atoms with Crippen LogP contribution in [0.15, 0.2) is 12.2 Å². The van der Waals surface area contributed by atoms with Crippen LogP contribution < -0.4 is 0 Å². The molecule has 68 valence electrons. The predicted molar refractivity (Wildman–Crippen MR) is 47.9 cm³/mol. The molecule has 0 saturated carbocycles. The van der Waals surface area contributed by atoms with Crippen LogP contribution in [0.4, 0.5) is 0 Å². The normalized spacial score (nSPS) is 32.2. The minimum absolute atomic E-state index is 0.0887. The third-order valence-corrected chi connectivity index (χ3v) is 3.18. The lowest BCUT2D eigenvalue weighted by Crippen LogP contribution is -2.31. The van der Waals surface area contributed by atoms with Gasteiger partial charge in [-0.1, -0.05) is 32.9 Å². The van der Waals surface area contributed by atoms with E-state index in [1.807, 2.05) is 13.0 Å². The third kappa shape index (κ3) is 1.38. The Hall–Kier alpha value is -0.790. The van der Waals surface area contributed by atoms with E-state index in [4.69, 9.17) is 5.11 Å². The number of rotatable bonds is 2. The summed E-state index contributed by atoms with van der Waals surface area (Å²) in [5.74, 6) is -0.711. The molecule has 12 heavy (non-hydrogen) atoms. The van der Waals surface area contributed by atoms with Crippen LogP contribution in [0.3, 0.4) is 0 Å². The standard InChI is InChI=1S/C10H16O2/c1-9(2)5-4-6-10(9,3)7-8(11)12/h4,6H,5,7H2,1-3H3,(H,11,12). The molecule has 0 saturated heterocycles. The summed E-state index contributed by atoms with van der Waals surface area (Å²) < 4.78 is 0. The Morgan fingerprint density at radius 2 is 2.08 bits per heavy atom. The zero-order valence-corrected chi connectivity index (χ0v) is 7.92. The maximum Gasteiger partial charge on any atom is 0.304 e. The highest BCUT2D eigenvalue weighted by Gasteiger charge is 2.42. The van der Waals surface area contributed by atoms with Crippen molar-refractivity contribution >= 4 is 5.97 Å². The van der Waals surface area contributed by atoms with Gasteiger partial charge < -0.3 is 5.11 Å². The molecule has 0 bridgehead atoms. The zero-order chi connectivity index (χ0) is 9.41. The van der Waals surface area contributed by atoms with Crippen molar-refractivity contribution in [1.29, 1.82) is 0 Å². The number of hydrogen-bond donors (Lipinski definition) is 1. The fourth-order valence-corrected chi connectivity index (χ4v) is 1.68. The van der Waals surface area contributed by atoms with E-state index in [-0.39, 0.29) is 17.3 Å². The van der Waals surface area contributed by atoms with Gasteiger partial charge in [0.25, 0.3) is 0 Å². The van der Waals surface area contributed by atoms with Crippen LogP contribution in [-0.4, -0.2) is 11.1 Å². The molecule has 1 unspecified atom stereocenters. The molecule has 2 heteroatoms. The van der Waals surface area contributed by atoms with Gasteiger partial charge in [0.15, 0.2) is 0 Å². The van der Waals surface area contributed by atoms with Gasteiger partial charge in [0, 0.05) is 5.41 Å². The lowest BCUT2D eigenvalue weighted by atomic mass is 9.67. The van der Waals surface area contributed by atoms with Gasteiger partial charge in [-0.3, -0.25) is 4.79 Å². The van der Waals surface area contributed by atoms with Gasteiger partial charge in [-0.25, -0.2) is 0 Å². The van der Waals surface area contributed by atoms with Gasteiger partial charge in [0.2, 0.25) is 0 Å². The minimum atomic E-state index is -0.711. The number of hydrogen-bond acceptors (Lipinski definition) is 1. The number of carbonyl (C=O) groups is 1. The molecule has 2 nitrogen and oxygen atoms in total. The summed E-state index contributed by atoms with van der Waals surface area (Å²) in [5, 5.41) is 8.74. The smallest absolute Gasteiger partial charge is 0.304 e. The molecule has 0 aromatic carbocycles. The van der Waals surface area contributed by atoms with Crippen LogP contribution in [0.2, 0.25) is 0 Å². The molecule has 1 aliphatic carbocycles. The maximum atomic E-state index is 10.6. The Bertz CT molecular complexity index is 228. The predicted octanol–water partition coefficient (Wildman–Crippen LogP) is 2.45. The van der Waals surface area contributed by atoms with Crippen molar-refractivity contribution in [2.75, 3.05) is 0 Å². The molecule has 1 rings (SSSR count). The summed E-state index contributed by atoms with van der Waals surface area (Å²) in [5.41, 5.74) is -0.0791. The Morgan fingerprint density at radius 3 is 2.42 bits per heavy atom. The maximum absolute atomic E-state index is 10.6. The molecular weight excluding hydrogens is 152 g/mol. The Labute approximate surface area is 73.3 Å². The number of carboxylic acids is 1. The van der Waals surface area contributed by atoms with Gasteiger partial charge in [-0.2, -0.15) is 0 Å². The minimum Gasteiger partial charge on any atom is -0.481 e. The fraction of sp³-hybridized carbons (Fsp3) is 0.700. The van der Waals surface area contributed by atoms with Crippen LogP contribution in [0, 0.1) is 10.8 Å². The summed E-state index contributed by atoms with van der Waals surface area (Å²) in [6.45, 7) is 6.26. The quantitative estimate of drug-likeness (QED) is 0.643. The third-order valence-electron chi connectivity index (χ3n) is 3.18. The van der Waals surface area contributed by atoms with Crippen molar-refractivity contribution in [3.05, 3.63) is 12.2 Å². The van der Waals surface area contributed by atoms with Crippen LogP contribution in [0.1, 0.15) is 33.6 Å². The Kier molecular flexibility index (Phi) is 2.02. The molecule has 0 heterocycles. The van der Waals surface area contributed by atoms with Crippen molar-refractivity contribution < 1.29 is 9.90 Å². The second-order valence-electron chi connectivity index (χ2n) is 4.48. The molecule has 1 N–H and O–H groups in total. The monoisotopic (exact) mass is 168 g/mol. The van der Waals surface area contributed by atoms with Gasteiger partial charge in [-0.05, 0) is 11.8 Å². The first kappa shape index (κ1) is 9.30. The van der Waals surface area contributed by atoms with Gasteiger partial charge in [0.1, 0.15) is 0 Å². The van der Waals surface area contributed by atoms with Crippen molar-refractivity contribution in [2.24, 2.45) is 10.8 Å². The van der Waals surface area contributed by atoms with E-state index in [0.717, 1.165) is 6.42 Å². The molecule has 0 radical (unpaired) electrons. The molecular formula is C10H16O2. The highest BCUT2D eigenvalue weighted by molar-refractivity contribution is 5.68. The molecule has 0 fully saturated rings. The van der Waals surface area contributed by atoms with Crippen LogP contribution in [-0.2, 0) is 4.79 Å². The molecule has 0 aliphatic heterocycles. The van der Waals surface area contributed by atoms with Gasteiger partial charge in [-0.15, -0.1) is 0 Å². The Balaban J connectivity index is 2.82. The molecule has 0 spiro atoms. The highest BCUT2D eigenvalue weighted by Crippen LogP contribution is 2.49. The lowest BCUT2D eigenvalue weighted by molar-refractivity contribution is -0.140. The van der Waals surface area contributed by atoms with Crippen molar-refractivity contribution in [3.8, 4) is 0 Å². The average molecular weight is 168 g/mol. The summed E-state index contributed by atoms with van der Waals surface area (Å²) in [6.07, 6.45) is 5.34. The van der Waals surface area contributed by atoms with E-state index in [1.54, 1.807) is 0 Å². The van der Waals surface area contributed by atoms with E-state index < -0.39 is 5.97 Å². The number of aliphatic carboxylic acids is 1. The first-order chi connectivity index (χ1) is 5.37. The Morgan fingerprint density at radius 1 is 1.50 bits per heavy atom. The van der Waals surface area contributed by atoms with E-state index in [0.29, 0.717) is 0 Å². The molecule has 1 aliphatic rings. The molecule has 1 atom stereocenters. The molecule has 0 aromatic rings. The number of carboxylic acid groups (broad SMARTS) is 1. The highest BCUT2D eigenvalue weighted by atomic mass is 16.4. The van der Waals surface area contributed by atoms with Crippen LogP contribution in [0.5, 0.6) is 0 Å². The fourth-order valence-electron chi connectivity index (χ4n) is 1.68. The first-order valence-corrected chi connectivity index (χ1v) is 4.27.